The first-order valence-electron chi connectivity index (χ1n) is 12.3. The molecule has 1 aliphatic heterocycles. The molecule has 1 aromatic heterocycles. The fraction of sp³-hybridized carbons (Fsp3) is 0.207. The topological polar surface area (TPSA) is 73.4 Å². The van der Waals surface area contributed by atoms with Crippen molar-refractivity contribution in [2.24, 2.45) is 0 Å². The van der Waals surface area contributed by atoms with Gasteiger partial charge in [-0.05, 0) is 60.6 Å². The standard InChI is InChI=1S/C29H29FN6O/c1-35-12-14-36(15-13-35)20-21-8-10-26(11-9-21)33-28(37)23-5-3-7-27(17-23)34-29-31-18-24(19-32-29)22-4-2-6-25(30)16-22/h2-11,16-19H,12-15,20H2,1H3,(H,33,37)(H,31,32,34). The minimum Gasteiger partial charge on any atom is -0.324 e. The van der Waals surface area contributed by atoms with Gasteiger partial charge in [-0.25, -0.2) is 14.4 Å². The van der Waals surface area contributed by atoms with Gasteiger partial charge in [-0.2, -0.15) is 0 Å². The number of likely N-dealkylation sites (N-methyl/N-ethyl adjacent to an activating group) is 1. The molecule has 2 N–H and O–H groups in total. The summed E-state index contributed by atoms with van der Waals surface area (Å²) in [5, 5.41) is 6.09. The molecular formula is C29H29FN6O. The van der Waals surface area contributed by atoms with E-state index in [1.807, 2.05) is 18.2 Å². The van der Waals surface area contributed by atoms with Gasteiger partial charge in [-0.1, -0.05) is 30.3 Å². The Morgan fingerprint density at radius 1 is 0.865 bits per heavy atom. The lowest BCUT2D eigenvalue weighted by molar-refractivity contribution is 0.102. The first-order chi connectivity index (χ1) is 18.0. The molecule has 0 atom stereocenters. The van der Waals surface area contributed by atoms with Crippen LogP contribution in [0.5, 0.6) is 0 Å². The van der Waals surface area contributed by atoms with Crippen LogP contribution in [0.2, 0.25) is 0 Å². The Bertz CT molecular complexity index is 1350. The summed E-state index contributed by atoms with van der Waals surface area (Å²) < 4.78 is 13.5. The summed E-state index contributed by atoms with van der Waals surface area (Å²) in [7, 11) is 2.15. The third kappa shape index (κ3) is 6.55. The Morgan fingerprint density at radius 2 is 1.59 bits per heavy atom. The van der Waals surface area contributed by atoms with E-state index in [0.29, 0.717) is 28.3 Å². The Morgan fingerprint density at radius 3 is 2.32 bits per heavy atom. The van der Waals surface area contributed by atoms with E-state index in [9.17, 15) is 9.18 Å². The molecule has 5 rings (SSSR count). The van der Waals surface area contributed by atoms with Gasteiger partial charge in [0.1, 0.15) is 5.82 Å². The minimum atomic E-state index is -0.309. The number of aromatic nitrogens is 2. The minimum absolute atomic E-state index is 0.196. The zero-order valence-corrected chi connectivity index (χ0v) is 20.7. The predicted octanol–water partition coefficient (Wildman–Crippen LogP) is 5.03. The predicted molar refractivity (Wildman–Crippen MR) is 144 cm³/mol. The van der Waals surface area contributed by atoms with Crippen molar-refractivity contribution < 1.29 is 9.18 Å². The normalized spacial score (nSPS) is 14.3. The highest BCUT2D eigenvalue weighted by Crippen LogP contribution is 2.21. The molecule has 0 radical (unpaired) electrons. The molecule has 0 bridgehead atoms. The van der Waals surface area contributed by atoms with Crippen LogP contribution < -0.4 is 10.6 Å². The monoisotopic (exact) mass is 496 g/mol. The summed E-state index contributed by atoms with van der Waals surface area (Å²) in [6, 6.07) is 21.5. The molecule has 1 saturated heterocycles. The number of nitrogens with zero attached hydrogens (tertiary/aromatic N) is 4. The van der Waals surface area contributed by atoms with Gasteiger partial charge in [0.25, 0.3) is 5.91 Å². The summed E-state index contributed by atoms with van der Waals surface area (Å²) in [6.45, 7) is 5.24. The smallest absolute Gasteiger partial charge is 0.255 e. The van der Waals surface area contributed by atoms with Crippen LogP contribution in [-0.2, 0) is 6.54 Å². The molecule has 1 aliphatic rings. The number of nitrogens with one attached hydrogen (secondary N) is 2. The molecule has 0 spiro atoms. The van der Waals surface area contributed by atoms with E-state index < -0.39 is 0 Å². The fourth-order valence-corrected chi connectivity index (χ4v) is 4.24. The van der Waals surface area contributed by atoms with Gasteiger partial charge < -0.3 is 15.5 Å². The number of halogens is 1. The number of hydrogen-bond acceptors (Lipinski definition) is 6. The lowest BCUT2D eigenvalue weighted by Gasteiger charge is -2.32. The van der Waals surface area contributed by atoms with Gasteiger partial charge in [-0.3, -0.25) is 9.69 Å². The van der Waals surface area contributed by atoms with E-state index in [-0.39, 0.29) is 11.7 Å². The number of piperazine rings is 1. The van der Waals surface area contributed by atoms with E-state index in [1.165, 1.54) is 17.7 Å². The van der Waals surface area contributed by atoms with Crippen molar-refractivity contribution in [1.29, 1.82) is 0 Å². The molecule has 0 aliphatic carbocycles. The summed E-state index contributed by atoms with van der Waals surface area (Å²) in [6.07, 6.45) is 3.27. The number of carbonyl (C=O) groups is 1. The lowest BCUT2D eigenvalue weighted by Crippen LogP contribution is -2.43. The summed E-state index contributed by atoms with van der Waals surface area (Å²) in [4.78, 5) is 26.3. The summed E-state index contributed by atoms with van der Waals surface area (Å²) >= 11 is 0. The second-order valence-corrected chi connectivity index (χ2v) is 9.24. The van der Waals surface area contributed by atoms with Crippen LogP contribution in [0.25, 0.3) is 11.1 Å². The van der Waals surface area contributed by atoms with Crippen LogP contribution in [0.3, 0.4) is 0 Å². The van der Waals surface area contributed by atoms with Crippen molar-refractivity contribution in [2.45, 2.75) is 6.54 Å². The molecule has 37 heavy (non-hydrogen) atoms. The maximum Gasteiger partial charge on any atom is 0.255 e. The Balaban J connectivity index is 1.18. The zero-order chi connectivity index (χ0) is 25.6. The van der Waals surface area contributed by atoms with E-state index in [4.69, 9.17) is 0 Å². The Labute approximate surface area is 216 Å². The van der Waals surface area contributed by atoms with E-state index in [1.54, 1.807) is 42.7 Å². The van der Waals surface area contributed by atoms with Crippen LogP contribution in [-0.4, -0.2) is 58.9 Å². The molecule has 7 nitrogen and oxygen atoms in total. The molecular weight excluding hydrogens is 467 g/mol. The fourth-order valence-electron chi connectivity index (χ4n) is 4.24. The van der Waals surface area contributed by atoms with Crippen LogP contribution in [0.4, 0.5) is 21.7 Å². The molecule has 2 heterocycles. The lowest BCUT2D eigenvalue weighted by atomic mass is 10.1. The largest absolute Gasteiger partial charge is 0.324 e. The van der Waals surface area contributed by atoms with E-state index in [0.717, 1.165) is 38.4 Å². The molecule has 4 aromatic rings. The van der Waals surface area contributed by atoms with Crippen molar-refractivity contribution in [3.63, 3.8) is 0 Å². The summed E-state index contributed by atoms with van der Waals surface area (Å²) in [5.41, 5.74) is 4.61. The molecule has 188 valence electrons. The Hall–Kier alpha value is -4.14. The van der Waals surface area contributed by atoms with Crippen molar-refractivity contribution in [2.75, 3.05) is 43.9 Å². The van der Waals surface area contributed by atoms with Crippen LogP contribution in [0.1, 0.15) is 15.9 Å². The second kappa shape index (κ2) is 11.3. The molecule has 0 saturated carbocycles. The quantitative estimate of drug-likeness (QED) is 0.374. The molecule has 0 unspecified atom stereocenters. The van der Waals surface area contributed by atoms with Gasteiger partial charge in [-0.15, -0.1) is 0 Å². The van der Waals surface area contributed by atoms with Crippen LogP contribution in [0, 0.1) is 5.82 Å². The third-order valence-electron chi connectivity index (χ3n) is 6.40. The van der Waals surface area contributed by atoms with Crippen molar-refractivity contribution in [3.05, 3.63) is 102 Å². The van der Waals surface area contributed by atoms with Gasteiger partial charge in [0.15, 0.2) is 0 Å². The third-order valence-corrected chi connectivity index (χ3v) is 6.40. The first-order valence-corrected chi connectivity index (χ1v) is 12.3. The maximum absolute atomic E-state index is 13.5. The van der Waals surface area contributed by atoms with Gasteiger partial charge in [0, 0.05) is 67.6 Å². The average molecular weight is 497 g/mol. The number of amides is 1. The second-order valence-electron chi connectivity index (χ2n) is 9.24. The van der Waals surface area contributed by atoms with Gasteiger partial charge >= 0.3 is 0 Å². The molecule has 1 fully saturated rings. The van der Waals surface area contributed by atoms with E-state index >= 15 is 0 Å². The van der Waals surface area contributed by atoms with Crippen molar-refractivity contribution in [1.82, 2.24) is 19.8 Å². The Kier molecular flexibility index (Phi) is 7.49. The number of rotatable bonds is 7. The zero-order valence-electron chi connectivity index (χ0n) is 20.7. The highest BCUT2D eigenvalue weighted by molar-refractivity contribution is 6.04. The molecule has 8 heteroatoms. The molecule has 1 amide bonds. The van der Waals surface area contributed by atoms with Crippen molar-refractivity contribution >= 4 is 23.2 Å². The van der Waals surface area contributed by atoms with Crippen LogP contribution >= 0.6 is 0 Å². The number of carbonyl (C=O) groups excluding carboxylic acids is 1. The van der Waals surface area contributed by atoms with Crippen molar-refractivity contribution in [3.8, 4) is 11.1 Å². The highest BCUT2D eigenvalue weighted by atomic mass is 19.1. The summed E-state index contributed by atoms with van der Waals surface area (Å²) in [5.74, 6) is -0.122. The van der Waals surface area contributed by atoms with Gasteiger partial charge in [0.05, 0.1) is 0 Å². The maximum atomic E-state index is 13.5. The first kappa shape index (κ1) is 24.5. The SMILES string of the molecule is CN1CCN(Cc2ccc(NC(=O)c3cccc(Nc4ncc(-c5cccc(F)c5)cn4)c3)cc2)CC1. The number of anilines is 3. The average Bonchev–Trinajstić information content (AvgIpc) is 2.92. The van der Waals surface area contributed by atoms with Gasteiger partial charge in [0.2, 0.25) is 5.95 Å². The number of hydrogen-bond donors (Lipinski definition) is 2. The van der Waals surface area contributed by atoms with Crippen LogP contribution in [0.15, 0.2) is 85.2 Å². The molecule has 3 aromatic carbocycles. The highest BCUT2D eigenvalue weighted by Gasteiger charge is 2.14. The van der Waals surface area contributed by atoms with E-state index in [2.05, 4.69) is 49.6 Å². The number of benzene rings is 3.